The molecule has 0 aromatic carbocycles. The summed E-state index contributed by atoms with van der Waals surface area (Å²) in [4.78, 5) is 24.3. The van der Waals surface area contributed by atoms with E-state index < -0.39 is 12.1 Å². The van der Waals surface area contributed by atoms with Crippen LogP contribution in [0.4, 0.5) is 0 Å². The molecule has 0 spiro atoms. The number of morpholine rings is 1. The van der Waals surface area contributed by atoms with Crippen LogP contribution < -0.4 is 0 Å². The number of halogens is 1. The van der Waals surface area contributed by atoms with E-state index in [0.29, 0.717) is 19.7 Å². The van der Waals surface area contributed by atoms with E-state index in [-0.39, 0.29) is 12.3 Å². The molecule has 1 aliphatic rings. The van der Waals surface area contributed by atoms with Crippen molar-refractivity contribution in [2.45, 2.75) is 12.5 Å². The first kappa shape index (κ1) is 15.2. The quantitative estimate of drug-likeness (QED) is 0.837. The number of carboxylic acids is 1. The van der Waals surface area contributed by atoms with Crippen molar-refractivity contribution in [3.63, 3.8) is 0 Å². The van der Waals surface area contributed by atoms with Gasteiger partial charge in [-0.25, -0.2) is 0 Å². The molecule has 1 amide bonds. The monoisotopic (exact) mass is 359 g/mol. The van der Waals surface area contributed by atoms with Crippen LogP contribution in [0.2, 0.25) is 0 Å². The van der Waals surface area contributed by atoms with Crippen molar-refractivity contribution in [1.82, 2.24) is 4.90 Å². The molecule has 2 heterocycles. The topological polar surface area (TPSA) is 66.8 Å². The van der Waals surface area contributed by atoms with Crippen LogP contribution >= 0.6 is 27.3 Å². The smallest absolute Gasteiger partial charge is 0.306 e. The third kappa shape index (κ3) is 4.43. The maximum absolute atomic E-state index is 12.0. The van der Waals surface area contributed by atoms with Gasteiger partial charge >= 0.3 is 5.97 Å². The van der Waals surface area contributed by atoms with Crippen LogP contribution in [0.5, 0.6) is 0 Å². The summed E-state index contributed by atoms with van der Waals surface area (Å²) < 4.78 is 6.34. The third-order valence-electron chi connectivity index (χ3n) is 2.86. The van der Waals surface area contributed by atoms with Crippen LogP contribution in [0.25, 0.3) is 6.08 Å². The molecule has 1 aromatic rings. The summed E-state index contributed by atoms with van der Waals surface area (Å²) in [7, 11) is 0. The number of thiophene rings is 1. The molecular weight excluding hydrogens is 346 g/mol. The standard InChI is InChI=1S/C13H14BrNO4S/c14-11-5-9(8-20-11)1-2-12(16)15-3-4-19-10(7-15)6-13(17)18/h1-2,5,8,10H,3-4,6-7H2,(H,17,18)/b2-1+. The minimum Gasteiger partial charge on any atom is -0.481 e. The first-order valence-corrected chi connectivity index (χ1v) is 7.76. The first-order valence-electron chi connectivity index (χ1n) is 6.09. The van der Waals surface area contributed by atoms with Crippen molar-refractivity contribution in [2.24, 2.45) is 0 Å². The lowest BCUT2D eigenvalue weighted by Crippen LogP contribution is -2.45. The highest BCUT2D eigenvalue weighted by Gasteiger charge is 2.24. The zero-order valence-electron chi connectivity index (χ0n) is 10.6. The number of carboxylic acid groups (broad SMARTS) is 1. The average Bonchev–Trinajstić information content (AvgIpc) is 2.81. The van der Waals surface area contributed by atoms with E-state index in [1.807, 2.05) is 11.4 Å². The summed E-state index contributed by atoms with van der Waals surface area (Å²) in [6, 6.07) is 1.93. The molecule has 1 atom stereocenters. The van der Waals surface area contributed by atoms with Crippen molar-refractivity contribution in [1.29, 1.82) is 0 Å². The fourth-order valence-corrected chi connectivity index (χ4v) is 3.07. The summed E-state index contributed by atoms with van der Waals surface area (Å²) in [5.74, 6) is -1.03. The Morgan fingerprint density at radius 2 is 2.40 bits per heavy atom. The highest BCUT2D eigenvalue weighted by Crippen LogP contribution is 2.21. The Kier molecular flexibility index (Phi) is 5.33. The normalized spacial score (nSPS) is 19.4. The zero-order valence-corrected chi connectivity index (χ0v) is 13.0. The van der Waals surface area contributed by atoms with Gasteiger partial charge in [-0.15, -0.1) is 11.3 Å². The second-order valence-electron chi connectivity index (χ2n) is 4.39. The van der Waals surface area contributed by atoms with Gasteiger partial charge in [0.15, 0.2) is 0 Å². The van der Waals surface area contributed by atoms with Crippen LogP contribution in [0.1, 0.15) is 12.0 Å². The molecule has 108 valence electrons. The Bertz CT molecular complexity index is 528. The van der Waals surface area contributed by atoms with Gasteiger partial charge in [0.25, 0.3) is 0 Å². The van der Waals surface area contributed by atoms with Crippen molar-refractivity contribution in [3.8, 4) is 0 Å². The second kappa shape index (κ2) is 7.01. The third-order valence-corrected chi connectivity index (χ3v) is 4.38. The van der Waals surface area contributed by atoms with Gasteiger partial charge in [0, 0.05) is 19.2 Å². The maximum Gasteiger partial charge on any atom is 0.306 e. The molecule has 0 radical (unpaired) electrons. The number of hydrogen-bond acceptors (Lipinski definition) is 4. The Morgan fingerprint density at radius 1 is 1.60 bits per heavy atom. The van der Waals surface area contributed by atoms with Gasteiger partial charge in [0.05, 0.1) is 22.9 Å². The summed E-state index contributed by atoms with van der Waals surface area (Å²) in [6.45, 7) is 1.19. The number of rotatable bonds is 4. The molecular formula is C13H14BrNO4S. The summed E-state index contributed by atoms with van der Waals surface area (Å²) >= 11 is 4.92. The second-order valence-corrected chi connectivity index (χ2v) is 6.68. The number of aliphatic carboxylic acids is 1. The molecule has 0 bridgehead atoms. The lowest BCUT2D eigenvalue weighted by molar-refractivity contribution is -0.145. The van der Waals surface area contributed by atoms with Crippen LogP contribution in [0.15, 0.2) is 21.3 Å². The van der Waals surface area contributed by atoms with Crippen molar-refractivity contribution >= 4 is 45.2 Å². The van der Waals surface area contributed by atoms with E-state index in [4.69, 9.17) is 9.84 Å². The molecule has 1 unspecified atom stereocenters. The largest absolute Gasteiger partial charge is 0.481 e. The minimum atomic E-state index is -0.914. The molecule has 7 heteroatoms. The Morgan fingerprint density at radius 3 is 3.05 bits per heavy atom. The van der Waals surface area contributed by atoms with E-state index in [9.17, 15) is 9.59 Å². The molecule has 1 saturated heterocycles. The van der Waals surface area contributed by atoms with Crippen molar-refractivity contribution in [2.75, 3.05) is 19.7 Å². The minimum absolute atomic E-state index is 0.0784. The summed E-state index contributed by atoms with van der Waals surface area (Å²) in [5.41, 5.74) is 0.963. The van der Waals surface area contributed by atoms with Crippen LogP contribution in [0, 0.1) is 0 Å². The van der Waals surface area contributed by atoms with Crippen molar-refractivity contribution < 1.29 is 19.4 Å². The first-order chi connectivity index (χ1) is 9.54. The summed E-state index contributed by atoms with van der Waals surface area (Å²) in [6.07, 6.45) is 2.77. The predicted molar refractivity (Wildman–Crippen MR) is 79.6 cm³/mol. The molecule has 20 heavy (non-hydrogen) atoms. The molecule has 2 rings (SSSR count). The number of nitrogens with zero attached hydrogens (tertiary/aromatic N) is 1. The SMILES string of the molecule is O=C(O)CC1CN(C(=O)/C=C/c2csc(Br)c2)CCO1. The molecule has 0 aliphatic carbocycles. The average molecular weight is 360 g/mol. The number of ether oxygens (including phenoxy) is 1. The molecule has 0 saturated carbocycles. The Hall–Kier alpha value is -1.18. The van der Waals surface area contributed by atoms with Gasteiger partial charge in [0.1, 0.15) is 0 Å². The van der Waals surface area contributed by atoms with E-state index in [1.165, 1.54) is 6.08 Å². The van der Waals surface area contributed by atoms with Gasteiger partial charge < -0.3 is 14.7 Å². The predicted octanol–water partition coefficient (Wildman–Crippen LogP) is 2.23. The Balaban J connectivity index is 1.91. The van der Waals surface area contributed by atoms with Crippen molar-refractivity contribution in [3.05, 3.63) is 26.9 Å². The number of carbonyl (C=O) groups is 2. The molecule has 1 aliphatic heterocycles. The zero-order chi connectivity index (χ0) is 14.5. The maximum atomic E-state index is 12.0. The van der Waals surface area contributed by atoms with E-state index >= 15 is 0 Å². The fraction of sp³-hybridized carbons (Fsp3) is 0.385. The lowest BCUT2D eigenvalue weighted by atomic mass is 10.2. The van der Waals surface area contributed by atoms with Crippen LogP contribution in [-0.4, -0.2) is 47.7 Å². The van der Waals surface area contributed by atoms with Gasteiger partial charge in [-0.3, -0.25) is 9.59 Å². The summed E-state index contributed by atoms with van der Waals surface area (Å²) in [5, 5.41) is 10.7. The van der Waals surface area contributed by atoms with E-state index in [1.54, 1.807) is 22.3 Å². The lowest BCUT2D eigenvalue weighted by Gasteiger charge is -2.31. The molecule has 1 fully saturated rings. The van der Waals surface area contributed by atoms with E-state index in [2.05, 4.69) is 15.9 Å². The number of carbonyl (C=O) groups excluding carboxylic acids is 1. The van der Waals surface area contributed by atoms with E-state index in [0.717, 1.165) is 9.35 Å². The highest BCUT2D eigenvalue weighted by atomic mass is 79.9. The van der Waals surface area contributed by atoms with Gasteiger partial charge in [-0.2, -0.15) is 0 Å². The Labute approximate surface area is 129 Å². The fourth-order valence-electron chi connectivity index (χ4n) is 1.92. The molecule has 1 N–H and O–H groups in total. The van der Waals surface area contributed by atoms with Gasteiger partial charge in [-0.05, 0) is 39.0 Å². The van der Waals surface area contributed by atoms with Crippen LogP contribution in [-0.2, 0) is 14.3 Å². The van der Waals surface area contributed by atoms with Gasteiger partial charge in [0.2, 0.25) is 5.91 Å². The van der Waals surface area contributed by atoms with Gasteiger partial charge in [-0.1, -0.05) is 0 Å². The van der Waals surface area contributed by atoms with Crippen LogP contribution in [0.3, 0.4) is 0 Å². The highest BCUT2D eigenvalue weighted by molar-refractivity contribution is 9.11. The molecule has 5 nitrogen and oxygen atoms in total. The number of hydrogen-bond donors (Lipinski definition) is 1. The number of amides is 1. The molecule has 1 aromatic heterocycles.